The van der Waals surface area contributed by atoms with E-state index in [4.69, 9.17) is 11.6 Å². The highest BCUT2D eigenvalue weighted by Gasteiger charge is 2.52. The number of hydrazine groups is 1. The summed E-state index contributed by atoms with van der Waals surface area (Å²) in [7, 11) is 0. The number of carbonyl (C=O) groups is 3. The van der Waals surface area contributed by atoms with Gasteiger partial charge in [-0.25, -0.2) is 0 Å². The number of hydrogen-bond acceptors (Lipinski definition) is 4. The molecule has 122 valence electrons. The highest BCUT2D eigenvalue weighted by atomic mass is 35.5. The van der Waals surface area contributed by atoms with Crippen LogP contribution in [0.1, 0.15) is 30.1 Å². The summed E-state index contributed by atoms with van der Waals surface area (Å²) in [6.45, 7) is 1.97. The van der Waals surface area contributed by atoms with Crippen molar-refractivity contribution in [2.24, 2.45) is 0 Å². The van der Waals surface area contributed by atoms with Gasteiger partial charge in [0.25, 0.3) is 11.8 Å². The molecule has 2 aliphatic heterocycles. The van der Waals surface area contributed by atoms with Gasteiger partial charge in [-0.3, -0.25) is 25.2 Å². The highest BCUT2D eigenvalue weighted by molar-refractivity contribution is 8.01. The summed E-state index contributed by atoms with van der Waals surface area (Å²) in [6, 6.07) is 5.78. The largest absolute Gasteiger partial charge is 0.315 e. The summed E-state index contributed by atoms with van der Waals surface area (Å²) in [5.41, 5.74) is 5.17. The van der Waals surface area contributed by atoms with Gasteiger partial charge in [0.1, 0.15) is 6.04 Å². The molecular formula is C15H16ClN3O3S. The van der Waals surface area contributed by atoms with E-state index in [0.29, 0.717) is 22.8 Å². The Balaban J connectivity index is 1.60. The molecule has 2 heterocycles. The second-order valence-corrected chi connectivity index (χ2v) is 7.65. The molecule has 6 nitrogen and oxygen atoms in total. The lowest BCUT2D eigenvalue weighted by Gasteiger charge is -2.29. The van der Waals surface area contributed by atoms with Crippen molar-refractivity contribution >= 4 is 41.1 Å². The maximum Gasteiger partial charge on any atom is 0.269 e. The third-order valence-electron chi connectivity index (χ3n) is 4.15. The van der Waals surface area contributed by atoms with Gasteiger partial charge in [0, 0.05) is 22.8 Å². The number of hydrogen-bond donors (Lipinski definition) is 2. The maximum atomic E-state index is 12.3. The average molecular weight is 354 g/mol. The summed E-state index contributed by atoms with van der Waals surface area (Å²) >= 11 is 7.37. The number of nitrogens with zero attached hydrogens (tertiary/aromatic N) is 1. The Morgan fingerprint density at radius 2 is 2.00 bits per heavy atom. The zero-order valence-electron chi connectivity index (χ0n) is 12.5. The fraction of sp³-hybridized carbons (Fsp3) is 0.400. The number of benzene rings is 1. The molecule has 0 radical (unpaired) electrons. The molecule has 2 N–H and O–H groups in total. The van der Waals surface area contributed by atoms with E-state index in [1.165, 1.54) is 0 Å². The van der Waals surface area contributed by atoms with Gasteiger partial charge in [0.15, 0.2) is 0 Å². The van der Waals surface area contributed by atoms with Crippen LogP contribution in [0.3, 0.4) is 0 Å². The fourth-order valence-corrected chi connectivity index (χ4v) is 4.45. The lowest BCUT2D eigenvalue weighted by molar-refractivity contribution is -0.138. The number of fused-ring (bicyclic) bond motifs is 1. The summed E-state index contributed by atoms with van der Waals surface area (Å²) in [5.74, 6) is -0.290. The van der Waals surface area contributed by atoms with Crippen molar-refractivity contribution in [2.75, 3.05) is 5.75 Å². The van der Waals surface area contributed by atoms with Gasteiger partial charge in [0.2, 0.25) is 5.91 Å². The molecule has 2 atom stereocenters. The molecule has 23 heavy (non-hydrogen) atoms. The molecule has 8 heteroatoms. The molecule has 0 spiro atoms. The predicted molar refractivity (Wildman–Crippen MR) is 87.8 cm³/mol. The molecule has 3 amide bonds. The van der Waals surface area contributed by atoms with Crippen LogP contribution in [-0.4, -0.2) is 39.3 Å². The molecule has 0 saturated carbocycles. The first-order chi connectivity index (χ1) is 10.9. The molecule has 1 aromatic rings. The molecule has 2 aliphatic rings. The smallest absolute Gasteiger partial charge is 0.269 e. The van der Waals surface area contributed by atoms with Crippen LogP contribution in [0, 0.1) is 0 Å². The van der Waals surface area contributed by atoms with Gasteiger partial charge >= 0.3 is 0 Å². The zero-order valence-corrected chi connectivity index (χ0v) is 14.0. The number of halogens is 1. The van der Waals surface area contributed by atoms with Crippen LogP contribution in [0.4, 0.5) is 0 Å². The van der Waals surface area contributed by atoms with E-state index < -0.39 is 11.9 Å². The molecule has 3 rings (SSSR count). The van der Waals surface area contributed by atoms with Crippen molar-refractivity contribution in [3.63, 3.8) is 0 Å². The molecule has 0 bridgehead atoms. The molecule has 0 aliphatic carbocycles. The Bertz CT molecular complexity index is 666. The minimum Gasteiger partial charge on any atom is -0.315 e. The quantitative estimate of drug-likeness (QED) is 0.791. The normalized spacial score (nSPS) is 26.1. The predicted octanol–water partition coefficient (Wildman–Crippen LogP) is 1.55. The van der Waals surface area contributed by atoms with Crippen molar-refractivity contribution in [3.8, 4) is 0 Å². The van der Waals surface area contributed by atoms with Crippen LogP contribution >= 0.6 is 23.4 Å². The SMILES string of the molecule is C[C@]12CCC(=O)N1[C@@H](C(=O)NNC(=O)c1ccc(Cl)cc1)CS2. The first-order valence-electron chi connectivity index (χ1n) is 7.22. The Morgan fingerprint density at radius 3 is 2.70 bits per heavy atom. The van der Waals surface area contributed by atoms with E-state index in [-0.39, 0.29) is 16.7 Å². The van der Waals surface area contributed by atoms with Crippen molar-refractivity contribution in [2.45, 2.75) is 30.7 Å². The lowest BCUT2D eigenvalue weighted by Crippen LogP contribution is -2.54. The number of thioether (sulfide) groups is 1. The lowest BCUT2D eigenvalue weighted by atomic mass is 10.2. The molecule has 2 saturated heterocycles. The Hall–Kier alpha value is -1.73. The number of nitrogens with one attached hydrogen (secondary N) is 2. The van der Waals surface area contributed by atoms with Gasteiger partial charge < -0.3 is 4.90 Å². The summed E-state index contributed by atoms with van der Waals surface area (Å²) in [4.78, 5) is 37.6. The monoisotopic (exact) mass is 353 g/mol. The zero-order chi connectivity index (χ0) is 16.6. The maximum absolute atomic E-state index is 12.3. The van der Waals surface area contributed by atoms with Crippen molar-refractivity contribution < 1.29 is 14.4 Å². The summed E-state index contributed by atoms with van der Waals surface area (Å²) in [6.07, 6.45) is 1.21. The fourth-order valence-electron chi connectivity index (χ4n) is 2.89. The minimum absolute atomic E-state index is 0.0123. The van der Waals surface area contributed by atoms with Crippen molar-refractivity contribution in [3.05, 3.63) is 34.9 Å². The van der Waals surface area contributed by atoms with Crippen LogP contribution < -0.4 is 10.9 Å². The van der Waals surface area contributed by atoms with Gasteiger partial charge in [-0.1, -0.05) is 11.6 Å². The average Bonchev–Trinajstić information content (AvgIpc) is 3.02. The molecule has 1 aromatic carbocycles. The topological polar surface area (TPSA) is 78.5 Å². The first-order valence-corrected chi connectivity index (χ1v) is 8.59. The van der Waals surface area contributed by atoms with Crippen LogP contribution in [0.5, 0.6) is 0 Å². The van der Waals surface area contributed by atoms with Gasteiger partial charge in [-0.2, -0.15) is 0 Å². The summed E-state index contributed by atoms with van der Waals surface area (Å²) in [5, 5.41) is 0.528. The second-order valence-electron chi connectivity index (χ2n) is 5.72. The molecule has 0 aromatic heterocycles. The Kier molecular flexibility index (Phi) is 4.25. The number of carbonyl (C=O) groups excluding carboxylic acids is 3. The van der Waals surface area contributed by atoms with Gasteiger partial charge in [0.05, 0.1) is 4.87 Å². The number of amides is 3. The van der Waals surface area contributed by atoms with E-state index in [1.54, 1.807) is 40.9 Å². The third-order valence-corrected chi connectivity index (χ3v) is 5.91. The van der Waals surface area contributed by atoms with Crippen LogP contribution in [0.25, 0.3) is 0 Å². The van der Waals surface area contributed by atoms with E-state index >= 15 is 0 Å². The van der Waals surface area contributed by atoms with Crippen LogP contribution in [0.15, 0.2) is 24.3 Å². The van der Waals surface area contributed by atoms with Crippen molar-refractivity contribution in [1.29, 1.82) is 0 Å². The minimum atomic E-state index is -0.550. The van der Waals surface area contributed by atoms with Crippen molar-refractivity contribution in [1.82, 2.24) is 15.8 Å². The highest BCUT2D eigenvalue weighted by Crippen LogP contribution is 2.47. The van der Waals surface area contributed by atoms with Gasteiger partial charge in [-0.15, -0.1) is 11.8 Å². The van der Waals surface area contributed by atoms with E-state index in [2.05, 4.69) is 10.9 Å². The van der Waals surface area contributed by atoms with E-state index in [9.17, 15) is 14.4 Å². The molecular weight excluding hydrogens is 338 g/mol. The summed E-state index contributed by atoms with van der Waals surface area (Å²) < 4.78 is 0. The third kappa shape index (κ3) is 3.03. The van der Waals surface area contributed by atoms with Crippen LogP contribution in [0.2, 0.25) is 5.02 Å². The Morgan fingerprint density at radius 1 is 1.30 bits per heavy atom. The first kappa shape index (κ1) is 16.1. The molecule has 2 fully saturated rings. The Labute approximate surface area is 142 Å². The standard InChI is InChI=1S/C15H16ClN3O3S/c1-15-7-6-12(20)19(15)11(8-23-15)14(22)18-17-13(21)9-2-4-10(16)5-3-9/h2-5,11H,6-8H2,1H3,(H,17,21)(H,18,22)/t11-,15+/m1/s1. The van der Waals surface area contributed by atoms with Gasteiger partial charge in [-0.05, 0) is 37.6 Å². The molecule has 0 unspecified atom stereocenters. The van der Waals surface area contributed by atoms with E-state index in [1.807, 2.05) is 6.92 Å². The van der Waals surface area contributed by atoms with Crippen LogP contribution in [-0.2, 0) is 9.59 Å². The van der Waals surface area contributed by atoms with E-state index in [0.717, 1.165) is 6.42 Å². The number of rotatable bonds is 2. The second kappa shape index (κ2) is 6.05.